The highest BCUT2D eigenvalue weighted by atomic mass is 32.1. The summed E-state index contributed by atoms with van der Waals surface area (Å²) in [6.07, 6.45) is 2.74. The number of aromatic nitrogens is 3. The lowest BCUT2D eigenvalue weighted by atomic mass is 10.2. The zero-order valence-corrected chi connectivity index (χ0v) is 13.1. The molecule has 3 heterocycles. The largest absolute Gasteiger partial charge is 0.364 e. The molecule has 8 nitrogen and oxygen atoms in total. The van der Waals surface area contributed by atoms with Crippen LogP contribution in [0.2, 0.25) is 0 Å². The second-order valence-corrected chi connectivity index (χ2v) is 6.04. The van der Waals surface area contributed by atoms with Crippen LogP contribution in [0.15, 0.2) is 46.8 Å². The van der Waals surface area contributed by atoms with Crippen LogP contribution in [0.25, 0.3) is 0 Å². The molecule has 0 radical (unpaired) electrons. The number of nitrogens with two attached hydrogens (primary N) is 1. The van der Waals surface area contributed by atoms with Crippen molar-refractivity contribution in [1.82, 2.24) is 15.0 Å². The van der Waals surface area contributed by atoms with Gasteiger partial charge in [-0.2, -0.15) is 4.98 Å². The van der Waals surface area contributed by atoms with Gasteiger partial charge in [-0.3, -0.25) is 9.78 Å². The third kappa shape index (κ3) is 2.22. The maximum Gasteiger partial charge on any atom is 0.345 e. The lowest BCUT2D eigenvalue weighted by Crippen LogP contribution is -2.29. The van der Waals surface area contributed by atoms with Gasteiger partial charge in [-0.25, -0.2) is 9.78 Å². The number of hydrogen-bond acceptors (Lipinski definition) is 7. The predicted molar refractivity (Wildman–Crippen MR) is 90.4 cm³/mol. The van der Waals surface area contributed by atoms with Crippen molar-refractivity contribution in [2.45, 2.75) is 6.17 Å². The summed E-state index contributed by atoms with van der Waals surface area (Å²) in [6.45, 7) is 0. The number of carbonyl (C=O) groups excluding carboxylic acids is 1. The van der Waals surface area contributed by atoms with E-state index < -0.39 is 11.6 Å². The van der Waals surface area contributed by atoms with Gasteiger partial charge in [0.15, 0.2) is 6.17 Å². The standard InChI is InChI=1S/C15H12N6O2S/c16-12(22)11-10(7-18-15(23)20-11)21-9-4-2-1-3-8(9)19-13(21)14-17-5-6-24-14/h1-7,13,19H,(H2,16,22)(H,18,20,23). The fourth-order valence-corrected chi connectivity index (χ4v) is 3.40. The zero-order valence-electron chi connectivity index (χ0n) is 12.3. The van der Waals surface area contributed by atoms with E-state index in [0.29, 0.717) is 5.69 Å². The number of H-pyrrole nitrogens is 1. The third-order valence-corrected chi connectivity index (χ3v) is 4.53. The molecule has 3 aromatic rings. The molecule has 1 aliphatic rings. The normalized spacial score (nSPS) is 15.8. The van der Waals surface area contributed by atoms with Gasteiger partial charge in [0.25, 0.3) is 5.91 Å². The van der Waals surface area contributed by atoms with Crippen LogP contribution < -0.4 is 21.6 Å². The number of carbonyl (C=O) groups is 1. The van der Waals surface area contributed by atoms with Crippen molar-refractivity contribution >= 4 is 34.3 Å². The van der Waals surface area contributed by atoms with Gasteiger partial charge >= 0.3 is 5.69 Å². The number of nitrogens with one attached hydrogen (secondary N) is 2. The first-order valence-corrected chi connectivity index (χ1v) is 7.96. The molecule has 9 heteroatoms. The number of anilines is 3. The van der Waals surface area contributed by atoms with E-state index in [1.165, 1.54) is 17.5 Å². The van der Waals surface area contributed by atoms with Crippen LogP contribution in [0.5, 0.6) is 0 Å². The van der Waals surface area contributed by atoms with Gasteiger partial charge in [-0.05, 0) is 12.1 Å². The number of primary amides is 1. The highest BCUT2D eigenvalue weighted by Gasteiger charge is 2.34. The molecule has 120 valence electrons. The van der Waals surface area contributed by atoms with E-state index in [-0.39, 0.29) is 11.9 Å². The number of hydrogen-bond donors (Lipinski definition) is 3. The second kappa shape index (κ2) is 5.46. The first kappa shape index (κ1) is 14.4. The molecule has 4 N–H and O–H groups in total. The predicted octanol–water partition coefficient (Wildman–Crippen LogP) is 1.59. The highest BCUT2D eigenvalue weighted by molar-refractivity contribution is 7.09. The molecule has 24 heavy (non-hydrogen) atoms. The van der Waals surface area contributed by atoms with Crippen molar-refractivity contribution < 1.29 is 4.79 Å². The lowest BCUT2D eigenvalue weighted by Gasteiger charge is -2.26. The molecule has 1 aliphatic heterocycles. The molecular weight excluding hydrogens is 328 g/mol. The average Bonchev–Trinajstić information content (AvgIpc) is 3.22. The molecule has 0 spiro atoms. The van der Waals surface area contributed by atoms with Crippen molar-refractivity contribution in [3.05, 3.63) is 63.2 Å². The van der Waals surface area contributed by atoms with Gasteiger partial charge in [-0.1, -0.05) is 12.1 Å². The Kier molecular flexibility index (Phi) is 3.28. The molecule has 0 aliphatic carbocycles. The Balaban J connectivity index is 1.93. The first-order valence-electron chi connectivity index (χ1n) is 7.08. The number of thiazole rings is 1. The summed E-state index contributed by atoms with van der Waals surface area (Å²) in [5.41, 5.74) is 6.97. The summed E-state index contributed by atoms with van der Waals surface area (Å²) in [6, 6.07) is 7.64. The quantitative estimate of drug-likeness (QED) is 0.666. The van der Waals surface area contributed by atoms with Gasteiger partial charge in [0.1, 0.15) is 10.7 Å². The zero-order chi connectivity index (χ0) is 16.7. The molecule has 0 saturated carbocycles. The minimum absolute atomic E-state index is 0.00931. The summed E-state index contributed by atoms with van der Waals surface area (Å²) < 4.78 is 0. The summed E-state index contributed by atoms with van der Waals surface area (Å²) in [5.74, 6) is -0.730. The van der Waals surface area contributed by atoms with Crippen LogP contribution in [0, 0.1) is 0 Å². The number of para-hydroxylation sites is 2. The smallest absolute Gasteiger partial charge is 0.345 e. The van der Waals surface area contributed by atoms with E-state index in [2.05, 4.69) is 20.3 Å². The molecular formula is C15H12N6O2S. The molecule has 1 aromatic carbocycles. The Morgan fingerprint density at radius 1 is 1.25 bits per heavy atom. The molecule has 0 fully saturated rings. The second-order valence-electron chi connectivity index (χ2n) is 5.12. The van der Waals surface area contributed by atoms with Gasteiger partial charge in [0.05, 0.1) is 23.3 Å². The van der Waals surface area contributed by atoms with Gasteiger partial charge in [0, 0.05) is 11.6 Å². The van der Waals surface area contributed by atoms with E-state index in [4.69, 9.17) is 5.73 Å². The van der Waals surface area contributed by atoms with Crippen LogP contribution in [-0.4, -0.2) is 20.9 Å². The summed E-state index contributed by atoms with van der Waals surface area (Å²) in [5, 5.41) is 6.05. The number of aromatic amines is 1. The van der Waals surface area contributed by atoms with Crippen molar-refractivity contribution in [3.8, 4) is 0 Å². The lowest BCUT2D eigenvalue weighted by molar-refractivity contribution is 0.0995. The van der Waals surface area contributed by atoms with E-state index >= 15 is 0 Å². The Hall–Kier alpha value is -3.20. The summed E-state index contributed by atoms with van der Waals surface area (Å²) >= 11 is 1.48. The Bertz CT molecular complexity index is 968. The van der Waals surface area contributed by atoms with Gasteiger partial charge < -0.3 is 16.0 Å². The summed E-state index contributed by atoms with van der Waals surface area (Å²) in [7, 11) is 0. The van der Waals surface area contributed by atoms with Crippen molar-refractivity contribution in [2.24, 2.45) is 5.73 Å². The molecule has 1 atom stereocenters. The molecule has 1 unspecified atom stereocenters. The Morgan fingerprint density at radius 3 is 2.83 bits per heavy atom. The molecule has 0 bridgehead atoms. The Labute approximate surface area is 140 Å². The average molecular weight is 340 g/mol. The first-order chi connectivity index (χ1) is 11.6. The monoisotopic (exact) mass is 340 g/mol. The maximum absolute atomic E-state index is 11.8. The van der Waals surface area contributed by atoms with Gasteiger partial charge in [-0.15, -0.1) is 11.3 Å². The molecule has 0 saturated heterocycles. The highest BCUT2D eigenvalue weighted by Crippen LogP contribution is 2.46. The van der Waals surface area contributed by atoms with Crippen LogP contribution in [0.3, 0.4) is 0 Å². The van der Waals surface area contributed by atoms with Crippen molar-refractivity contribution in [3.63, 3.8) is 0 Å². The van der Waals surface area contributed by atoms with Crippen LogP contribution in [-0.2, 0) is 0 Å². The SMILES string of the molecule is NC(=O)c1[nH]c(=O)ncc1N1c2ccccc2NC1c1nccs1. The van der Waals surface area contributed by atoms with Crippen molar-refractivity contribution in [2.75, 3.05) is 10.2 Å². The van der Waals surface area contributed by atoms with E-state index in [9.17, 15) is 9.59 Å². The van der Waals surface area contributed by atoms with Crippen LogP contribution in [0.1, 0.15) is 21.7 Å². The number of nitrogens with zero attached hydrogens (tertiary/aromatic N) is 3. The number of amides is 1. The fraction of sp³-hybridized carbons (Fsp3) is 0.0667. The van der Waals surface area contributed by atoms with E-state index in [1.807, 2.05) is 34.5 Å². The topological polar surface area (TPSA) is 117 Å². The number of rotatable bonds is 3. The number of fused-ring (bicyclic) bond motifs is 1. The molecule has 2 aromatic heterocycles. The minimum atomic E-state index is -0.730. The third-order valence-electron chi connectivity index (χ3n) is 3.70. The van der Waals surface area contributed by atoms with E-state index in [1.54, 1.807) is 6.20 Å². The maximum atomic E-state index is 11.8. The molecule has 1 amide bonds. The Morgan fingerprint density at radius 2 is 2.08 bits per heavy atom. The molecule has 4 rings (SSSR count). The fourth-order valence-electron chi connectivity index (χ4n) is 2.73. The summed E-state index contributed by atoms with van der Waals surface area (Å²) in [4.78, 5) is 35.7. The minimum Gasteiger partial charge on any atom is -0.364 e. The van der Waals surface area contributed by atoms with E-state index in [0.717, 1.165) is 16.4 Å². The van der Waals surface area contributed by atoms with Gasteiger partial charge in [0.2, 0.25) is 0 Å². The van der Waals surface area contributed by atoms with Crippen LogP contribution >= 0.6 is 11.3 Å². The number of benzene rings is 1. The van der Waals surface area contributed by atoms with Crippen molar-refractivity contribution in [1.29, 1.82) is 0 Å². The van der Waals surface area contributed by atoms with Crippen LogP contribution in [0.4, 0.5) is 17.1 Å².